The summed E-state index contributed by atoms with van der Waals surface area (Å²) in [7, 11) is 0. The monoisotopic (exact) mass is 231 g/mol. The van der Waals surface area contributed by atoms with E-state index in [9.17, 15) is 9.59 Å². The molecule has 0 saturated carbocycles. The molecule has 6 heteroatoms. The Morgan fingerprint density at radius 3 is 2.82 bits per heavy atom. The van der Waals surface area contributed by atoms with Crippen molar-refractivity contribution in [2.45, 2.75) is 6.92 Å². The Morgan fingerprint density at radius 1 is 1.47 bits per heavy atom. The summed E-state index contributed by atoms with van der Waals surface area (Å²) in [6.07, 6.45) is 4.97. The number of carboxylic acids is 1. The van der Waals surface area contributed by atoms with Gasteiger partial charge in [-0.2, -0.15) is 5.10 Å². The summed E-state index contributed by atoms with van der Waals surface area (Å²) in [6.45, 7) is 1.70. The van der Waals surface area contributed by atoms with Gasteiger partial charge in [0.2, 0.25) is 0 Å². The van der Waals surface area contributed by atoms with Gasteiger partial charge in [-0.25, -0.2) is 9.48 Å². The Kier molecular flexibility index (Phi) is 2.70. The molecule has 0 saturated heterocycles. The fourth-order valence-electron chi connectivity index (χ4n) is 1.39. The van der Waals surface area contributed by atoms with Gasteiger partial charge in [-0.05, 0) is 13.0 Å². The van der Waals surface area contributed by atoms with Crippen molar-refractivity contribution >= 4 is 12.3 Å². The molecule has 2 aromatic heterocycles. The zero-order valence-electron chi connectivity index (χ0n) is 8.99. The number of hydrogen-bond acceptors (Lipinski definition) is 4. The van der Waals surface area contributed by atoms with Gasteiger partial charge in [0, 0.05) is 12.4 Å². The fourth-order valence-corrected chi connectivity index (χ4v) is 1.39. The van der Waals surface area contributed by atoms with Gasteiger partial charge in [0.25, 0.3) is 0 Å². The molecule has 1 N–H and O–H groups in total. The van der Waals surface area contributed by atoms with Crippen LogP contribution in [-0.4, -0.2) is 32.1 Å². The molecule has 0 unspecified atom stereocenters. The first kappa shape index (κ1) is 11.0. The van der Waals surface area contributed by atoms with Gasteiger partial charge < -0.3 is 5.11 Å². The number of nitrogens with zero attached hydrogens (tertiary/aromatic N) is 3. The molecule has 2 aromatic rings. The third kappa shape index (κ3) is 2.05. The number of aromatic carboxylic acids is 1. The molecule has 0 bridgehead atoms. The maximum absolute atomic E-state index is 10.8. The Morgan fingerprint density at radius 2 is 2.24 bits per heavy atom. The molecule has 0 amide bonds. The summed E-state index contributed by atoms with van der Waals surface area (Å²) < 4.78 is 1.43. The molecule has 0 aliphatic heterocycles. The lowest BCUT2D eigenvalue weighted by atomic mass is 10.2. The second-order valence-corrected chi connectivity index (χ2v) is 3.47. The number of carboxylic acid groups (broad SMARTS) is 1. The van der Waals surface area contributed by atoms with Crippen LogP contribution in [0.1, 0.15) is 26.4 Å². The zero-order chi connectivity index (χ0) is 12.4. The van der Waals surface area contributed by atoms with Crippen molar-refractivity contribution in [1.29, 1.82) is 0 Å². The van der Waals surface area contributed by atoms with Crippen molar-refractivity contribution in [2.75, 3.05) is 0 Å². The van der Waals surface area contributed by atoms with E-state index in [0.717, 1.165) is 0 Å². The lowest BCUT2D eigenvalue weighted by molar-refractivity contribution is 0.0696. The highest BCUT2D eigenvalue weighted by Crippen LogP contribution is 2.11. The molecule has 0 aromatic carbocycles. The van der Waals surface area contributed by atoms with Crippen molar-refractivity contribution in [3.05, 3.63) is 41.5 Å². The van der Waals surface area contributed by atoms with E-state index in [1.54, 1.807) is 6.92 Å². The molecular weight excluding hydrogens is 222 g/mol. The maximum atomic E-state index is 10.8. The lowest BCUT2D eigenvalue weighted by Gasteiger charge is -2.01. The average molecular weight is 231 g/mol. The van der Waals surface area contributed by atoms with E-state index in [4.69, 9.17) is 5.11 Å². The van der Waals surface area contributed by atoms with E-state index >= 15 is 0 Å². The molecule has 2 rings (SSSR count). The average Bonchev–Trinajstić information content (AvgIpc) is 2.71. The number of aryl methyl sites for hydroxylation is 1. The van der Waals surface area contributed by atoms with Crippen LogP contribution in [0.15, 0.2) is 24.7 Å². The highest BCUT2D eigenvalue weighted by molar-refractivity contribution is 5.87. The van der Waals surface area contributed by atoms with Crippen molar-refractivity contribution in [1.82, 2.24) is 14.8 Å². The number of aromatic nitrogens is 3. The lowest BCUT2D eigenvalue weighted by Crippen LogP contribution is -2.01. The maximum Gasteiger partial charge on any atom is 0.337 e. The standard InChI is InChI=1S/C11H9N3O3/c1-7-9(6-15)5-14(13-7)10-2-8(11(16)17)3-12-4-10/h2-6H,1H3,(H,16,17). The van der Waals surface area contributed by atoms with Crippen molar-refractivity contribution in [3.8, 4) is 5.69 Å². The summed E-state index contributed by atoms with van der Waals surface area (Å²) in [5.74, 6) is -1.06. The SMILES string of the molecule is Cc1nn(-c2cncc(C(=O)O)c2)cc1C=O. The van der Waals surface area contributed by atoms with Crippen LogP contribution in [0, 0.1) is 6.92 Å². The van der Waals surface area contributed by atoms with E-state index in [0.29, 0.717) is 23.2 Å². The van der Waals surface area contributed by atoms with Crippen LogP contribution in [0.5, 0.6) is 0 Å². The normalized spacial score (nSPS) is 10.2. The summed E-state index contributed by atoms with van der Waals surface area (Å²) in [5, 5.41) is 12.9. The number of aldehydes is 1. The van der Waals surface area contributed by atoms with E-state index in [-0.39, 0.29) is 5.56 Å². The first-order valence-corrected chi connectivity index (χ1v) is 4.82. The summed E-state index contributed by atoms with van der Waals surface area (Å²) in [4.78, 5) is 25.3. The van der Waals surface area contributed by atoms with E-state index < -0.39 is 5.97 Å². The second-order valence-electron chi connectivity index (χ2n) is 3.47. The number of hydrogen-bond donors (Lipinski definition) is 1. The molecule has 0 aliphatic rings. The number of rotatable bonds is 3. The van der Waals surface area contributed by atoms with Gasteiger partial charge in [-0.1, -0.05) is 0 Å². The van der Waals surface area contributed by atoms with Gasteiger partial charge in [0.1, 0.15) is 0 Å². The summed E-state index contributed by atoms with van der Waals surface area (Å²) in [6, 6.07) is 1.44. The molecule has 0 radical (unpaired) electrons. The minimum Gasteiger partial charge on any atom is -0.478 e. The number of pyridine rings is 1. The molecular formula is C11H9N3O3. The van der Waals surface area contributed by atoms with Crippen LogP contribution >= 0.6 is 0 Å². The zero-order valence-corrected chi connectivity index (χ0v) is 8.99. The minimum absolute atomic E-state index is 0.0725. The summed E-state index contributed by atoms with van der Waals surface area (Å²) in [5.41, 5.74) is 1.62. The molecule has 17 heavy (non-hydrogen) atoms. The van der Waals surface area contributed by atoms with Gasteiger partial charge in [-0.3, -0.25) is 9.78 Å². The van der Waals surface area contributed by atoms with Crippen LogP contribution < -0.4 is 0 Å². The highest BCUT2D eigenvalue weighted by atomic mass is 16.4. The molecule has 2 heterocycles. The quantitative estimate of drug-likeness (QED) is 0.799. The van der Waals surface area contributed by atoms with E-state index in [1.165, 1.54) is 29.3 Å². The Balaban J connectivity index is 2.48. The molecule has 6 nitrogen and oxygen atoms in total. The Bertz CT molecular complexity index is 589. The second kappa shape index (κ2) is 4.17. The van der Waals surface area contributed by atoms with Gasteiger partial charge >= 0.3 is 5.97 Å². The summed E-state index contributed by atoms with van der Waals surface area (Å²) >= 11 is 0. The van der Waals surface area contributed by atoms with E-state index in [1.807, 2.05) is 0 Å². The molecule has 0 aliphatic carbocycles. The van der Waals surface area contributed by atoms with Gasteiger partial charge in [0.05, 0.1) is 28.7 Å². The van der Waals surface area contributed by atoms with Crippen molar-refractivity contribution < 1.29 is 14.7 Å². The molecule has 0 atom stereocenters. The fraction of sp³-hybridized carbons (Fsp3) is 0.0909. The van der Waals surface area contributed by atoms with Crippen molar-refractivity contribution in [2.24, 2.45) is 0 Å². The topological polar surface area (TPSA) is 85.1 Å². The Hall–Kier alpha value is -2.50. The predicted molar refractivity (Wildman–Crippen MR) is 58.4 cm³/mol. The molecule has 0 fully saturated rings. The van der Waals surface area contributed by atoms with Crippen LogP contribution in [0.25, 0.3) is 5.69 Å². The third-order valence-electron chi connectivity index (χ3n) is 2.30. The van der Waals surface area contributed by atoms with Gasteiger partial charge in [0.15, 0.2) is 6.29 Å². The van der Waals surface area contributed by atoms with Crippen LogP contribution in [0.4, 0.5) is 0 Å². The van der Waals surface area contributed by atoms with Crippen molar-refractivity contribution in [3.63, 3.8) is 0 Å². The van der Waals surface area contributed by atoms with E-state index in [2.05, 4.69) is 10.1 Å². The van der Waals surface area contributed by atoms with Crippen LogP contribution in [-0.2, 0) is 0 Å². The first-order valence-electron chi connectivity index (χ1n) is 4.82. The largest absolute Gasteiger partial charge is 0.478 e. The predicted octanol–water partition coefficient (Wildman–Crippen LogP) is 1.09. The van der Waals surface area contributed by atoms with Crippen LogP contribution in [0.3, 0.4) is 0 Å². The number of carbonyl (C=O) groups is 2. The molecule has 86 valence electrons. The van der Waals surface area contributed by atoms with Crippen LogP contribution in [0.2, 0.25) is 0 Å². The third-order valence-corrected chi connectivity index (χ3v) is 2.30. The first-order chi connectivity index (χ1) is 8.11. The minimum atomic E-state index is -1.06. The number of carbonyl (C=O) groups excluding carboxylic acids is 1. The van der Waals surface area contributed by atoms with Gasteiger partial charge in [-0.15, -0.1) is 0 Å². The highest BCUT2D eigenvalue weighted by Gasteiger charge is 2.08. The smallest absolute Gasteiger partial charge is 0.337 e. The molecule has 0 spiro atoms. The Labute approximate surface area is 96.5 Å².